The number of halogens is 1. The Morgan fingerprint density at radius 3 is 2.41 bits per heavy atom. The fraction of sp³-hybridized carbons (Fsp3) is 0.263. The van der Waals surface area contributed by atoms with Crippen LogP contribution in [0.1, 0.15) is 23.7 Å². The summed E-state index contributed by atoms with van der Waals surface area (Å²) in [5.74, 6) is 0.653. The second-order valence-corrected chi connectivity index (χ2v) is 6.29. The molecular weight excluding hydrogens is 416 g/mol. The van der Waals surface area contributed by atoms with Gasteiger partial charge in [-0.2, -0.15) is 0 Å². The van der Waals surface area contributed by atoms with E-state index in [1.807, 2.05) is 6.92 Å². The van der Waals surface area contributed by atoms with Gasteiger partial charge in [-0.05, 0) is 52.7 Å². The molecule has 2 amide bonds. The first kappa shape index (κ1) is 20.6. The SMILES string of the molecule is CCCOc1ccc(C(=O)NNC(=O)COc2ccccc2OC)cc1Br. The number of methoxy groups -OCH3 is 1. The maximum Gasteiger partial charge on any atom is 0.276 e. The Kier molecular flexibility index (Phi) is 7.94. The average Bonchev–Trinajstić information content (AvgIpc) is 2.69. The summed E-state index contributed by atoms with van der Waals surface area (Å²) in [6.07, 6.45) is 0.887. The highest BCUT2D eigenvalue weighted by atomic mass is 79.9. The van der Waals surface area contributed by atoms with E-state index in [4.69, 9.17) is 14.2 Å². The van der Waals surface area contributed by atoms with Crippen molar-refractivity contribution in [3.05, 3.63) is 52.5 Å². The molecule has 0 spiro atoms. The van der Waals surface area contributed by atoms with Crippen LogP contribution >= 0.6 is 15.9 Å². The molecule has 0 atom stereocenters. The quantitative estimate of drug-likeness (QED) is 0.620. The van der Waals surface area contributed by atoms with Gasteiger partial charge in [0.2, 0.25) is 0 Å². The van der Waals surface area contributed by atoms with Crippen molar-refractivity contribution in [2.45, 2.75) is 13.3 Å². The highest BCUT2D eigenvalue weighted by Crippen LogP contribution is 2.26. The first-order chi connectivity index (χ1) is 13.0. The van der Waals surface area contributed by atoms with E-state index < -0.39 is 11.8 Å². The lowest BCUT2D eigenvalue weighted by Crippen LogP contribution is -2.43. The first-order valence-corrected chi connectivity index (χ1v) is 9.11. The number of hydrazine groups is 1. The summed E-state index contributed by atoms with van der Waals surface area (Å²) in [5.41, 5.74) is 5.02. The van der Waals surface area contributed by atoms with Crippen molar-refractivity contribution in [1.29, 1.82) is 0 Å². The minimum atomic E-state index is -0.503. The lowest BCUT2D eigenvalue weighted by atomic mass is 10.2. The number of hydrogen-bond acceptors (Lipinski definition) is 5. The lowest BCUT2D eigenvalue weighted by molar-refractivity contribution is -0.123. The molecule has 2 N–H and O–H groups in total. The molecule has 2 rings (SSSR count). The van der Waals surface area contributed by atoms with Gasteiger partial charge in [0.05, 0.1) is 18.2 Å². The Bertz CT molecular complexity index is 797. The molecule has 27 heavy (non-hydrogen) atoms. The fourth-order valence-electron chi connectivity index (χ4n) is 2.09. The molecule has 0 aliphatic heterocycles. The largest absolute Gasteiger partial charge is 0.493 e. The zero-order chi connectivity index (χ0) is 19.6. The third-order valence-corrected chi connectivity index (χ3v) is 4.02. The minimum Gasteiger partial charge on any atom is -0.493 e. The van der Waals surface area contributed by atoms with Crippen LogP contribution in [0.4, 0.5) is 0 Å². The second kappa shape index (κ2) is 10.4. The van der Waals surface area contributed by atoms with E-state index in [1.165, 1.54) is 7.11 Å². The smallest absolute Gasteiger partial charge is 0.276 e. The van der Waals surface area contributed by atoms with Crippen LogP contribution in [-0.2, 0) is 4.79 Å². The molecule has 0 fully saturated rings. The molecule has 144 valence electrons. The van der Waals surface area contributed by atoms with Gasteiger partial charge in [-0.1, -0.05) is 19.1 Å². The number of amides is 2. The van der Waals surface area contributed by atoms with E-state index in [2.05, 4.69) is 26.8 Å². The zero-order valence-electron chi connectivity index (χ0n) is 15.1. The van der Waals surface area contributed by atoms with E-state index >= 15 is 0 Å². The van der Waals surface area contributed by atoms with Gasteiger partial charge in [-0.3, -0.25) is 20.4 Å². The summed E-state index contributed by atoms with van der Waals surface area (Å²) in [4.78, 5) is 24.0. The summed E-state index contributed by atoms with van der Waals surface area (Å²) >= 11 is 3.37. The Balaban J connectivity index is 1.84. The normalized spacial score (nSPS) is 10.0. The molecule has 0 aliphatic rings. The predicted octanol–water partition coefficient (Wildman–Crippen LogP) is 3.09. The van der Waals surface area contributed by atoms with Crippen molar-refractivity contribution in [2.75, 3.05) is 20.3 Å². The molecule has 8 heteroatoms. The maximum atomic E-state index is 12.2. The van der Waals surface area contributed by atoms with Gasteiger partial charge < -0.3 is 14.2 Å². The van der Waals surface area contributed by atoms with E-state index in [0.29, 0.717) is 33.9 Å². The molecule has 7 nitrogen and oxygen atoms in total. The van der Waals surface area contributed by atoms with Gasteiger partial charge in [0.15, 0.2) is 18.1 Å². The molecule has 0 heterocycles. The van der Waals surface area contributed by atoms with Crippen molar-refractivity contribution in [2.24, 2.45) is 0 Å². The van der Waals surface area contributed by atoms with Crippen LogP contribution in [0.3, 0.4) is 0 Å². The van der Waals surface area contributed by atoms with Crippen molar-refractivity contribution in [3.8, 4) is 17.2 Å². The average molecular weight is 437 g/mol. The monoisotopic (exact) mass is 436 g/mol. The van der Waals surface area contributed by atoms with Crippen molar-refractivity contribution < 1.29 is 23.8 Å². The van der Waals surface area contributed by atoms with Gasteiger partial charge >= 0.3 is 0 Å². The minimum absolute atomic E-state index is 0.270. The predicted molar refractivity (Wildman–Crippen MR) is 104 cm³/mol. The van der Waals surface area contributed by atoms with E-state index in [0.717, 1.165) is 6.42 Å². The number of hydrogen-bond donors (Lipinski definition) is 2. The number of ether oxygens (including phenoxy) is 3. The standard InChI is InChI=1S/C19H21BrN2O5/c1-3-10-26-15-9-8-13(11-14(15)20)19(24)22-21-18(23)12-27-17-7-5-4-6-16(17)25-2/h4-9,11H,3,10,12H2,1-2H3,(H,21,23)(H,22,24). The number of nitrogens with one attached hydrogen (secondary N) is 2. The molecule has 0 radical (unpaired) electrons. The molecule has 0 unspecified atom stereocenters. The molecular formula is C19H21BrN2O5. The Labute approximate surface area is 166 Å². The molecule has 0 aromatic heterocycles. The highest BCUT2D eigenvalue weighted by Gasteiger charge is 2.11. The van der Waals surface area contributed by atoms with Crippen LogP contribution in [0.15, 0.2) is 46.9 Å². The summed E-state index contributed by atoms with van der Waals surface area (Å²) < 4.78 is 16.7. The van der Waals surface area contributed by atoms with Gasteiger partial charge in [-0.15, -0.1) is 0 Å². The fourth-order valence-corrected chi connectivity index (χ4v) is 2.58. The highest BCUT2D eigenvalue weighted by molar-refractivity contribution is 9.10. The Morgan fingerprint density at radius 1 is 1.00 bits per heavy atom. The maximum absolute atomic E-state index is 12.2. The summed E-state index contributed by atoms with van der Waals surface area (Å²) in [7, 11) is 1.51. The van der Waals surface area contributed by atoms with Gasteiger partial charge in [-0.25, -0.2) is 0 Å². The Morgan fingerprint density at radius 2 is 1.74 bits per heavy atom. The van der Waals surface area contributed by atoms with Gasteiger partial charge in [0.1, 0.15) is 5.75 Å². The van der Waals surface area contributed by atoms with Gasteiger partial charge in [0.25, 0.3) is 11.8 Å². The van der Waals surface area contributed by atoms with Crippen molar-refractivity contribution in [1.82, 2.24) is 10.9 Å². The van der Waals surface area contributed by atoms with E-state index in [-0.39, 0.29) is 6.61 Å². The number of benzene rings is 2. The summed E-state index contributed by atoms with van der Waals surface area (Å²) in [5, 5.41) is 0. The second-order valence-electron chi connectivity index (χ2n) is 5.44. The third kappa shape index (κ3) is 6.18. The molecule has 2 aromatic rings. The number of para-hydroxylation sites is 2. The lowest BCUT2D eigenvalue weighted by Gasteiger charge is -2.12. The van der Waals surface area contributed by atoms with Crippen LogP contribution in [0.25, 0.3) is 0 Å². The first-order valence-electron chi connectivity index (χ1n) is 8.32. The molecule has 0 saturated carbocycles. The van der Waals surface area contributed by atoms with Crippen molar-refractivity contribution in [3.63, 3.8) is 0 Å². The topological polar surface area (TPSA) is 85.9 Å². The molecule has 0 aliphatic carbocycles. The summed E-state index contributed by atoms with van der Waals surface area (Å²) in [6.45, 7) is 2.33. The molecule has 0 bridgehead atoms. The number of carbonyl (C=O) groups excluding carboxylic acids is 2. The van der Waals surface area contributed by atoms with Crippen LogP contribution < -0.4 is 25.1 Å². The van der Waals surface area contributed by atoms with Crippen LogP contribution in [0.2, 0.25) is 0 Å². The van der Waals surface area contributed by atoms with Crippen molar-refractivity contribution >= 4 is 27.7 Å². The van der Waals surface area contributed by atoms with Crippen LogP contribution in [-0.4, -0.2) is 32.1 Å². The third-order valence-electron chi connectivity index (χ3n) is 3.40. The summed E-state index contributed by atoms with van der Waals surface area (Å²) in [6, 6.07) is 11.9. The van der Waals surface area contributed by atoms with Crippen LogP contribution in [0, 0.1) is 0 Å². The van der Waals surface area contributed by atoms with Gasteiger partial charge in [0, 0.05) is 5.56 Å². The number of carbonyl (C=O) groups is 2. The molecule has 2 aromatic carbocycles. The van der Waals surface area contributed by atoms with E-state index in [9.17, 15) is 9.59 Å². The number of rotatable bonds is 8. The zero-order valence-corrected chi connectivity index (χ0v) is 16.7. The van der Waals surface area contributed by atoms with Crippen LogP contribution in [0.5, 0.6) is 17.2 Å². The molecule has 0 saturated heterocycles. The van der Waals surface area contributed by atoms with E-state index in [1.54, 1.807) is 42.5 Å². The Hall–Kier alpha value is -2.74.